The maximum absolute atomic E-state index is 14.2. The summed E-state index contributed by atoms with van der Waals surface area (Å²) < 4.78 is 56.7. The number of alkyl halides is 3. The highest BCUT2D eigenvalue weighted by atomic mass is 35.5. The number of carbonyl (C=O) groups excluding carboxylic acids is 1. The molecule has 0 aliphatic carbocycles. The van der Waals surface area contributed by atoms with Crippen LogP contribution in [0.2, 0.25) is 10.0 Å². The molecule has 1 unspecified atom stereocenters. The Kier molecular flexibility index (Phi) is 9.86. The Bertz CT molecular complexity index is 2070. The lowest BCUT2D eigenvalue weighted by atomic mass is 10.1. The van der Waals surface area contributed by atoms with Crippen LogP contribution >= 0.6 is 23.2 Å². The molecule has 2 aromatic heterocycles. The summed E-state index contributed by atoms with van der Waals surface area (Å²) in [5, 5.41) is 6.48. The maximum Gasteiger partial charge on any atom is 0.418 e. The molecule has 49 heavy (non-hydrogen) atoms. The van der Waals surface area contributed by atoms with Gasteiger partial charge in [0.15, 0.2) is 0 Å². The van der Waals surface area contributed by atoms with Crippen molar-refractivity contribution in [2.45, 2.75) is 37.4 Å². The van der Waals surface area contributed by atoms with E-state index in [9.17, 15) is 27.0 Å². The Balaban J connectivity index is 1.44. The molecule has 0 radical (unpaired) electrons. The van der Waals surface area contributed by atoms with Crippen LogP contribution in [0, 0.1) is 0 Å². The van der Waals surface area contributed by atoms with Crippen molar-refractivity contribution in [3.63, 3.8) is 0 Å². The second-order valence-corrected chi connectivity index (χ2v) is 15.5. The lowest BCUT2D eigenvalue weighted by Crippen LogP contribution is -2.44. The molecule has 10 nitrogen and oxygen atoms in total. The average molecular weight is 737 g/mol. The van der Waals surface area contributed by atoms with Crippen molar-refractivity contribution in [1.29, 1.82) is 0 Å². The van der Waals surface area contributed by atoms with E-state index in [1.54, 1.807) is 16.7 Å². The van der Waals surface area contributed by atoms with Crippen molar-refractivity contribution in [1.82, 2.24) is 24.8 Å². The Hall–Kier alpha value is -3.85. The van der Waals surface area contributed by atoms with Gasteiger partial charge in [-0.15, -0.1) is 0 Å². The molecule has 2 fully saturated rings. The average Bonchev–Trinajstić information content (AvgIpc) is 3.62. The lowest BCUT2D eigenvalue weighted by molar-refractivity contribution is -0.137. The number of amides is 1. The fourth-order valence-corrected chi connectivity index (χ4v) is 7.91. The number of halogens is 5. The van der Waals surface area contributed by atoms with E-state index in [1.165, 1.54) is 41.1 Å². The molecule has 1 atom stereocenters. The standard InChI is InChI=1S/C33H34Cl2F3N7O3S/c1-3-49(2,48)22-16-25(34)29(26(35)17-22)23-14-20-18-40-32(42-30(20)45(31(23)47)19-28(46)44-10-4-5-11-44)41-21-6-7-27(24(15-21)33(36,37)38)43-12-8-39-9-13-43/h6-7,14-18,39H,2-5,8-13,19H2,1H3,(H,40,41,42). The van der Waals surface area contributed by atoms with Gasteiger partial charge in [0.05, 0.1) is 21.2 Å². The van der Waals surface area contributed by atoms with Gasteiger partial charge in [0.25, 0.3) is 5.56 Å². The zero-order valence-electron chi connectivity index (χ0n) is 26.6. The summed E-state index contributed by atoms with van der Waals surface area (Å²) in [5.74, 6) is 3.67. The summed E-state index contributed by atoms with van der Waals surface area (Å²) in [6, 6.07) is 8.38. The van der Waals surface area contributed by atoms with Crippen LogP contribution in [0.15, 0.2) is 52.3 Å². The van der Waals surface area contributed by atoms with E-state index >= 15 is 0 Å². The summed E-state index contributed by atoms with van der Waals surface area (Å²) in [6.45, 7) is 4.51. The van der Waals surface area contributed by atoms with Crippen LogP contribution in [0.4, 0.5) is 30.5 Å². The van der Waals surface area contributed by atoms with E-state index in [0.717, 1.165) is 18.9 Å². The molecule has 2 saturated heterocycles. The van der Waals surface area contributed by atoms with Crippen LogP contribution in [0.25, 0.3) is 22.2 Å². The summed E-state index contributed by atoms with van der Waals surface area (Å²) in [6.07, 6.45) is -1.53. The lowest BCUT2D eigenvalue weighted by Gasteiger charge is -2.31. The summed E-state index contributed by atoms with van der Waals surface area (Å²) >= 11 is 13.3. The summed E-state index contributed by atoms with van der Waals surface area (Å²) in [5.41, 5.74) is -0.909. The molecule has 2 N–H and O–H groups in total. The molecule has 2 aromatic carbocycles. The number of piperazine rings is 1. The fraction of sp³-hybridized carbons (Fsp3) is 0.364. The molecule has 4 aromatic rings. The molecule has 4 heterocycles. The number of aromatic nitrogens is 3. The number of carbonyl (C=O) groups is 1. The zero-order valence-corrected chi connectivity index (χ0v) is 28.9. The topological polar surface area (TPSA) is 112 Å². The Morgan fingerprint density at radius 2 is 1.73 bits per heavy atom. The number of nitrogens with zero attached hydrogens (tertiary/aromatic N) is 5. The number of pyridine rings is 1. The van der Waals surface area contributed by atoms with Crippen molar-refractivity contribution < 1.29 is 22.2 Å². The van der Waals surface area contributed by atoms with Crippen LogP contribution < -0.4 is 21.1 Å². The van der Waals surface area contributed by atoms with E-state index in [4.69, 9.17) is 23.2 Å². The number of benzene rings is 2. The van der Waals surface area contributed by atoms with Crippen molar-refractivity contribution in [2.75, 3.05) is 55.2 Å². The first kappa shape index (κ1) is 35.0. The number of fused-ring (bicyclic) bond motifs is 1. The highest BCUT2D eigenvalue weighted by Gasteiger charge is 2.35. The summed E-state index contributed by atoms with van der Waals surface area (Å²) in [4.78, 5) is 40.1. The predicted octanol–water partition coefficient (Wildman–Crippen LogP) is 5.65. The number of rotatable bonds is 8. The Morgan fingerprint density at radius 3 is 2.37 bits per heavy atom. The van der Waals surface area contributed by atoms with Crippen LogP contribution in [-0.2, 0) is 27.0 Å². The second-order valence-electron chi connectivity index (χ2n) is 12.0. The zero-order chi connectivity index (χ0) is 35.1. The van der Waals surface area contributed by atoms with E-state index < -0.39 is 26.8 Å². The van der Waals surface area contributed by atoms with Crippen molar-refractivity contribution >= 4 is 72.9 Å². The van der Waals surface area contributed by atoms with Gasteiger partial charge in [-0.3, -0.25) is 18.4 Å². The Morgan fingerprint density at radius 1 is 1.06 bits per heavy atom. The third-order valence-electron chi connectivity index (χ3n) is 8.78. The second kappa shape index (κ2) is 13.8. The molecule has 0 spiro atoms. The maximum atomic E-state index is 14.2. The van der Waals surface area contributed by atoms with E-state index in [1.807, 2.05) is 0 Å². The first-order valence-corrected chi connectivity index (χ1v) is 18.4. The SMILES string of the molecule is C=S(=O)(CC)c1cc(Cl)c(-c2cc3cnc(Nc4ccc(N5CCNCC5)c(C(F)(F)F)c4)nc3n(CC(=O)N3CCCC3)c2=O)c(Cl)c1. The van der Waals surface area contributed by atoms with Crippen molar-refractivity contribution in [2.24, 2.45) is 0 Å². The highest BCUT2D eigenvalue weighted by molar-refractivity contribution is 8.00. The molecule has 16 heteroatoms. The predicted molar refractivity (Wildman–Crippen MR) is 189 cm³/mol. The number of hydrogen-bond donors (Lipinski definition) is 2. The molecular formula is C33H34Cl2F3N7O3S. The minimum absolute atomic E-state index is 0.0676. The fourth-order valence-electron chi connectivity index (χ4n) is 6.09. The quantitative estimate of drug-likeness (QED) is 0.223. The number of hydrogen-bond acceptors (Lipinski definition) is 8. The van der Waals surface area contributed by atoms with Crippen molar-refractivity contribution in [3.8, 4) is 11.1 Å². The minimum atomic E-state index is -4.61. The van der Waals surface area contributed by atoms with Crippen LogP contribution in [-0.4, -0.2) is 80.4 Å². The van der Waals surface area contributed by atoms with E-state index in [-0.39, 0.29) is 62.3 Å². The first-order valence-electron chi connectivity index (χ1n) is 15.7. The van der Waals surface area contributed by atoms with Gasteiger partial charge < -0.3 is 20.4 Å². The molecular weight excluding hydrogens is 702 g/mol. The highest BCUT2D eigenvalue weighted by Crippen LogP contribution is 2.39. The van der Waals surface area contributed by atoms with Crippen LogP contribution in [0.1, 0.15) is 25.3 Å². The molecule has 0 bridgehead atoms. The number of likely N-dealkylation sites (tertiary alicyclic amines) is 1. The third-order valence-corrected chi connectivity index (χ3v) is 11.4. The van der Waals surface area contributed by atoms with Gasteiger partial charge in [0, 0.05) is 78.4 Å². The number of nitrogens with one attached hydrogen (secondary N) is 2. The molecule has 6 rings (SSSR count). The normalized spacial score (nSPS) is 16.6. The van der Waals surface area contributed by atoms with Crippen LogP contribution in [0.5, 0.6) is 0 Å². The molecule has 0 saturated carbocycles. The Labute approximate surface area is 291 Å². The first-order chi connectivity index (χ1) is 23.3. The van der Waals surface area contributed by atoms with E-state index in [2.05, 4.69) is 26.5 Å². The van der Waals surface area contributed by atoms with E-state index in [0.29, 0.717) is 49.6 Å². The van der Waals surface area contributed by atoms with Gasteiger partial charge >= 0.3 is 6.18 Å². The number of anilines is 3. The summed E-state index contributed by atoms with van der Waals surface area (Å²) in [7, 11) is -2.67. The van der Waals surface area contributed by atoms with Crippen LogP contribution in [0.3, 0.4) is 0 Å². The monoisotopic (exact) mass is 735 g/mol. The largest absolute Gasteiger partial charge is 0.418 e. The van der Waals surface area contributed by atoms with Gasteiger partial charge in [-0.05, 0) is 64.6 Å². The van der Waals surface area contributed by atoms with Crippen molar-refractivity contribution in [3.05, 3.63) is 68.6 Å². The molecule has 1 amide bonds. The van der Waals surface area contributed by atoms with Gasteiger partial charge in [0.1, 0.15) is 12.2 Å². The van der Waals surface area contributed by atoms with Gasteiger partial charge in [-0.2, -0.15) is 18.2 Å². The van der Waals surface area contributed by atoms with Gasteiger partial charge in [-0.25, -0.2) is 4.98 Å². The van der Waals surface area contributed by atoms with Gasteiger partial charge in [0.2, 0.25) is 11.9 Å². The van der Waals surface area contributed by atoms with Gasteiger partial charge in [-0.1, -0.05) is 30.1 Å². The molecule has 2 aliphatic rings. The minimum Gasteiger partial charge on any atom is -0.368 e. The smallest absolute Gasteiger partial charge is 0.368 e. The third kappa shape index (κ3) is 7.23. The molecule has 2 aliphatic heterocycles. The molecule has 260 valence electrons.